The fraction of sp³-hybridized carbons (Fsp3) is 0. The molecule has 0 heteroatoms. The van der Waals surface area contributed by atoms with Crippen LogP contribution in [0.15, 0.2) is 158 Å². The molecule has 0 N–H and O–H groups in total. The van der Waals surface area contributed by atoms with Crippen LogP contribution in [-0.2, 0) is 0 Å². The van der Waals surface area contributed by atoms with Gasteiger partial charge in [-0.15, -0.1) is 0 Å². The minimum atomic E-state index is 1.23. The van der Waals surface area contributed by atoms with E-state index < -0.39 is 0 Å². The molecule has 0 saturated carbocycles. The normalized spacial score (nSPS) is 12.1. The van der Waals surface area contributed by atoms with Crippen LogP contribution >= 0.6 is 0 Å². The van der Waals surface area contributed by atoms with Crippen molar-refractivity contribution in [3.8, 4) is 44.5 Å². The van der Waals surface area contributed by atoms with Gasteiger partial charge in [-0.2, -0.15) is 0 Å². The summed E-state index contributed by atoms with van der Waals surface area (Å²) in [5.41, 5.74) is 10.3. The summed E-state index contributed by atoms with van der Waals surface area (Å²) in [6.07, 6.45) is 0. The SMILES string of the molecule is c1ccc2c(c1)-c1cccc3cc(-c4ccc(-c5ccc6c(c5)c5ccccc5c5ccc7ccccc7c56)cc4)cc-2c13. The van der Waals surface area contributed by atoms with E-state index in [1.165, 1.54) is 98.4 Å². The van der Waals surface area contributed by atoms with Crippen LogP contribution < -0.4 is 0 Å². The summed E-state index contributed by atoms with van der Waals surface area (Å²) >= 11 is 0. The third-order valence-corrected chi connectivity index (χ3v) is 9.76. The molecule has 202 valence electrons. The van der Waals surface area contributed by atoms with Gasteiger partial charge in [-0.3, -0.25) is 0 Å². The van der Waals surface area contributed by atoms with Gasteiger partial charge in [0, 0.05) is 0 Å². The maximum Gasteiger partial charge on any atom is -0.00204 e. The monoisotopic (exact) mass is 554 g/mol. The molecule has 0 saturated heterocycles. The highest BCUT2D eigenvalue weighted by Gasteiger charge is 2.21. The van der Waals surface area contributed by atoms with Crippen molar-refractivity contribution in [2.24, 2.45) is 0 Å². The van der Waals surface area contributed by atoms with Crippen LogP contribution in [0.2, 0.25) is 0 Å². The molecule has 0 unspecified atom stereocenters. The zero-order chi connectivity index (χ0) is 28.8. The van der Waals surface area contributed by atoms with Gasteiger partial charge in [0.15, 0.2) is 0 Å². The molecule has 0 aliphatic heterocycles. The zero-order valence-corrected chi connectivity index (χ0v) is 24.0. The third-order valence-electron chi connectivity index (χ3n) is 9.76. The molecule has 0 spiro atoms. The lowest BCUT2D eigenvalue weighted by atomic mass is 9.89. The van der Waals surface area contributed by atoms with Crippen LogP contribution in [0, 0.1) is 0 Å². The first kappa shape index (κ1) is 23.8. The van der Waals surface area contributed by atoms with Crippen molar-refractivity contribution in [2.75, 3.05) is 0 Å². The first-order valence-electron chi connectivity index (χ1n) is 15.4. The Labute approximate surface area is 255 Å². The largest absolute Gasteiger partial charge is 0.0616 e. The number of hydrogen-bond acceptors (Lipinski definition) is 0. The smallest absolute Gasteiger partial charge is 0.00204 e. The molecule has 9 aromatic rings. The van der Waals surface area contributed by atoms with Gasteiger partial charge in [0.2, 0.25) is 0 Å². The molecule has 44 heavy (non-hydrogen) atoms. The summed E-state index contributed by atoms with van der Waals surface area (Å²) in [6, 6.07) is 58.5. The van der Waals surface area contributed by atoms with Crippen LogP contribution in [0.5, 0.6) is 0 Å². The van der Waals surface area contributed by atoms with Crippen molar-refractivity contribution in [1.82, 2.24) is 0 Å². The molecule has 0 bridgehead atoms. The fourth-order valence-corrected chi connectivity index (χ4v) is 7.74. The van der Waals surface area contributed by atoms with E-state index in [1.807, 2.05) is 0 Å². The molecule has 0 amide bonds. The molecule has 9 aromatic carbocycles. The quantitative estimate of drug-likeness (QED) is 0.186. The van der Waals surface area contributed by atoms with Gasteiger partial charge in [0.25, 0.3) is 0 Å². The molecule has 0 radical (unpaired) electrons. The average Bonchev–Trinajstić information content (AvgIpc) is 3.42. The van der Waals surface area contributed by atoms with Gasteiger partial charge in [0.1, 0.15) is 0 Å². The summed E-state index contributed by atoms with van der Waals surface area (Å²) in [4.78, 5) is 0. The highest BCUT2D eigenvalue weighted by atomic mass is 14.2. The van der Waals surface area contributed by atoms with Crippen LogP contribution in [-0.4, -0.2) is 0 Å². The summed E-state index contributed by atoms with van der Waals surface area (Å²) < 4.78 is 0. The standard InChI is InChI=1S/C44H26/c1-2-10-33-29(8-1)20-22-39-34-11-3-5-13-36(34)41-25-30(21-23-40(41)44(33)39)27-16-18-28(19-17-27)32-24-31-9-7-15-38-35-12-4-6-14-37(35)42(26-32)43(31)38/h1-26H. The molecular formula is C44H26. The first-order valence-corrected chi connectivity index (χ1v) is 15.4. The van der Waals surface area contributed by atoms with Gasteiger partial charge < -0.3 is 0 Å². The maximum atomic E-state index is 2.39. The summed E-state index contributed by atoms with van der Waals surface area (Å²) in [5.74, 6) is 0. The van der Waals surface area contributed by atoms with Gasteiger partial charge >= 0.3 is 0 Å². The highest BCUT2D eigenvalue weighted by molar-refractivity contribution is 6.31. The average molecular weight is 555 g/mol. The Bertz CT molecular complexity index is 2640. The maximum absolute atomic E-state index is 2.39. The van der Waals surface area contributed by atoms with E-state index in [4.69, 9.17) is 0 Å². The highest BCUT2D eigenvalue weighted by Crippen LogP contribution is 2.48. The molecule has 0 fully saturated rings. The van der Waals surface area contributed by atoms with Crippen LogP contribution in [0.25, 0.3) is 98.4 Å². The molecule has 0 atom stereocenters. The number of fused-ring (bicyclic) bond motifs is 11. The van der Waals surface area contributed by atoms with E-state index in [2.05, 4.69) is 158 Å². The number of rotatable bonds is 2. The van der Waals surface area contributed by atoms with Crippen molar-refractivity contribution in [3.63, 3.8) is 0 Å². The molecule has 0 aromatic heterocycles. The van der Waals surface area contributed by atoms with E-state index in [0.717, 1.165) is 0 Å². The second-order valence-corrected chi connectivity index (χ2v) is 12.1. The Morgan fingerprint density at radius 2 is 0.795 bits per heavy atom. The van der Waals surface area contributed by atoms with E-state index in [-0.39, 0.29) is 0 Å². The van der Waals surface area contributed by atoms with E-state index >= 15 is 0 Å². The molecule has 1 aliphatic rings. The molecule has 0 heterocycles. The van der Waals surface area contributed by atoms with Crippen molar-refractivity contribution in [2.45, 2.75) is 0 Å². The lowest BCUT2D eigenvalue weighted by Crippen LogP contribution is -1.87. The Balaban J connectivity index is 1.13. The number of hydrogen-bond donors (Lipinski definition) is 0. The summed E-state index contributed by atoms with van der Waals surface area (Å²) in [5, 5.41) is 13.1. The minimum absolute atomic E-state index is 1.23. The number of benzene rings is 9. The van der Waals surface area contributed by atoms with Crippen molar-refractivity contribution < 1.29 is 0 Å². The van der Waals surface area contributed by atoms with Crippen molar-refractivity contribution in [3.05, 3.63) is 158 Å². The molecule has 1 aliphatic carbocycles. The Hall–Kier alpha value is -5.72. The van der Waals surface area contributed by atoms with Gasteiger partial charge in [-0.1, -0.05) is 140 Å². The minimum Gasteiger partial charge on any atom is -0.0616 e. The van der Waals surface area contributed by atoms with Crippen LogP contribution in [0.3, 0.4) is 0 Å². The predicted molar refractivity (Wildman–Crippen MR) is 189 cm³/mol. The van der Waals surface area contributed by atoms with Crippen LogP contribution in [0.4, 0.5) is 0 Å². The van der Waals surface area contributed by atoms with E-state index in [1.54, 1.807) is 0 Å². The predicted octanol–water partition coefficient (Wildman–Crippen LogP) is 12.4. The topological polar surface area (TPSA) is 0 Å². The Morgan fingerprint density at radius 1 is 0.227 bits per heavy atom. The fourth-order valence-electron chi connectivity index (χ4n) is 7.74. The van der Waals surface area contributed by atoms with Crippen LogP contribution in [0.1, 0.15) is 0 Å². The Kier molecular flexibility index (Phi) is 4.81. The second kappa shape index (κ2) is 8.89. The molecule has 10 rings (SSSR count). The van der Waals surface area contributed by atoms with Crippen molar-refractivity contribution in [1.29, 1.82) is 0 Å². The van der Waals surface area contributed by atoms with Crippen molar-refractivity contribution >= 4 is 53.9 Å². The second-order valence-electron chi connectivity index (χ2n) is 12.1. The summed E-state index contributed by atoms with van der Waals surface area (Å²) in [7, 11) is 0. The first-order chi connectivity index (χ1) is 21.8. The third kappa shape index (κ3) is 3.28. The van der Waals surface area contributed by atoms with E-state index in [9.17, 15) is 0 Å². The zero-order valence-electron chi connectivity index (χ0n) is 24.0. The molecule has 0 nitrogen and oxygen atoms in total. The van der Waals surface area contributed by atoms with Gasteiger partial charge in [-0.25, -0.2) is 0 Å². The van der Waals surface area contributed by atoms with Gasteiger partial charge in [0.05, 0.1) is 0 Å². The lowest BCUT2D eigenvalue weighted by Gasteiger charge is -2.14. The lowest BCUT2D eigenvalue weighted by molar-refractivity contribution is 1.62. The van der Waals surface area contributed by atoms with Gasteiger partial charge in [-0.05, 0) is 117 Å². The Morgan fingerprint density at radius 3 is 1.61 bits per heavy atom. The van der Waals surface area contributed by atoms with E-state index in [0.29, 0.717) is 0 Å². The molecular weight excluding hydrogens is 528 g/mol. The summed E-state index contributed by atoms with van der Waals surface area (Å²) in [6.45, 7) is 0.